The van der Waals surface area contributed by atoms with E-state index in [1.807, 2.05) is 0 Å². The molecule has 3 heteroatoms. The predicted molar refractivity (Wildman–Crippen MR) is 40.8 cm³/mol. The van der Waals surface area contributed by atoms with Crippen LogP contribution in [0.1, 0.15) is 26.7 Å². The molecule has 0 saturated carbocycles. The van der Waals surface area contributed by atoms with Crippen molar-refractivity contribution in [2.24, 2.45) is 0 Å². The molecule has 0 radical (unpaired) electrons. The Balaban J connectivity index is 0. The summed E-state index contributed by atoms with van der Waals surface area (Å²) < 4.78 is 0. The van der Waals surface area contributed by atoms with E-state index < -0.39 is 8.14 Å². The van der Waals surface area contributed by atoms with Crippen LogP contribution < -0.4 is 0 Å². The van der Waals surface area contributed by atoms with Gasteiger partial charge in [-0.25, -0.2) is 0 Å². The van der Waals surface area contributed by atoms with Crippen molar-refractivity contribution in [3.8, 4) is 0 Å². The molecule has 7 heavy (non-hydrogen) atoms. The van der Waals surface area contributed by atoms with Crippen LogP contribution in [0.2, 0.25) is 0 Å². The Labute approximate surface area is 57.4 Å². The molecule has 0 aliphatic heterocycles. The van der Waals surface area contributed by atoms with Crippen molar-refractivity contribution in [1.82, 2.24) is 0 Å². The van der Waals surface area contributed by atoms with Crippen LogP contribution in [0.25, 0.3) is 0 Å². The fraction of sp³-hybridized carbons (Fsp3) is 1.00. The Morgan fingerprint density at radius 3 is 1.29 bits per heavy atom. The summed E-state index contributed by atoms with van der Waals surface area (Å²) in [5, 5.41) is 0. The lowest BCUT2D eigenvalue weighted by Crippen LogP contribution is -1.47. The van der Waals surface area contributed by atoms with Gasteiger partial charge < -0.3 is 0 Å². The molecular weight excluding hydrogens is 147 g/mol. The Hall–Kier alpha value is 0.797. The lowest BCUT2D eigenvalue weighted by atomic mass is 10.4. The number of hydrogen-bond donors (Lipinski definition) is 0. The van der Waals surface area contributed by atoms with E-state index in [0.29, 0.717) is 0 Å². The van der Waals surface area contributed by atoms with Crippen LogP contribution in [0.15, 0.2) is 0 Å². The molecule has 0 saturated heterocycles. The zero-order valence-electron chi connectivity index (χ0n) is 4.88. The van der Waals surface area contributed by atoms with Crippen LogP contribution in [0.3, 0.4) is 0 Å². The van der Waals surface area contributed by atoms with Gasteiger partial charge >= 0.3 is 0 Å². The average molecular weight is 159 g/mol. The maximum atomic E-state index is 4.90. The molecule has 46 valence electrons. The Kier molecular flexibility index (Phi) is 24.3. The first kappa shape index (κ1) is 10.7. The molecule has 0 aromatic carbocycles. The first-order valence-corrected chi connectivity index (χ1v) is 6.72. The highest BCUT2D eigenvalue weighted by molar-refractivity contribution is 7.22. The van der Waals surface area contributed by atoms with E-state index in [2.05, 4.69) is 13.8 Å². The van der Waals surface area contributed by atoms with Crippen molar-refractivity contribution in [2.45, 2.75) is 26.7 Å². The van der Waals surface area contributed by atoms with Crippen molar-refractivity contribution in [1.29, 1.82) is 0 Å². The second-order valence-electron chi connectivity index (χ2n) is 1.10. The van der Waals surface area contributed by atoms with Crippen LogP contribution in [0, 0.1) is 0 Å². The van der Waals surface area contributed by atoms with Gasteiger partial charge in [-0.05, 0) is 0 Å². The van der Waals surface area contributed by atoms with Gasteiger partial charge in [0.2, 0.25) is 8.14 Å². The van der Waals surface area contributed by atoms with E-state index in [1.54, 1.807) is 0 Å². The van der Waals surface area contributed by atoms with E-state index in [4.69, 9.17) is 22.2 Å². The van der Waals surface area contributed by atoms with Gasteiger partial charge in [0.15, 0.2) is 0 Å². The third-order valence-electron chi connectivity index (χ3n) is 0.500. The normalized spacial score (nSPS) is 6.86. The summed E-state index contributed by atoms with van der Waals surface area (Å²) in [6.07, 6.45) is 2.64. The van der Waals surface area contributed by atoms with Gasteiger partial charge in [-0.1, -0.05) is 26.7 Å². The molecule has 0 aromatic rings. The summed E-state index contributed by atoms with van der Waals surface area (Å²) in [7, 11) is -0.639. The minimum absolute atomic E-state index is 0.639. The third kappa shape index (κ3) is 48.4. The molecule has 0 atom stereocenters. The highest BCUT2D eigenvalue weighted by Gasteiger charge is 1.56. The van der Waals surface area contributed by atoms with Crippen LogP contribution in [0.4, 0.5) is 0 Å². The summed E-state index contributed by atoms with van der Waals surface area (Å²) >= 11 is 9.81. The summed E-state index contributed by atoms with van der Waals surface area (Å²) in [6, 6.07) is 0. The maximum Gasteiger partial charge on any atom is 0.222 e. The molecule has 0 aromatic heterocycles. The SMILES string of the molecule is CCCC.Cl[SiH2]Cl. The number of unbranched alkanes of at least 4 members (excludes halogenated alkanes) is 1. The van der Waals surface area contributed by atoms with Crippen molar-refractivity contribution in [3.63, 3.8) is 0 Å². The fourth-order valence-corrected chi connectivity index (χ4v) is 0. The first-order valence-electron chi connectivity index (χ1n) is 2.45. The second kappa shape index (κ2) is 15.8. The van der Waals surface area contributed by atoms with E-state index in [0.717, 1.165) is 0 Å². The summed E-state index contributed by atoms with van der Waals surface area (Å²) in [4.78, 5) is 0. The number of rotatable bonds is 1. The highest BCUT2D eigenvalue weighted by Crippen LogP contribution is 1.76. The summed E-state index contributed by atoms with van der Waals surface area (Å²) in [6.45, 7) is 4.36. The van der Waals surface area contributed by atoms with Crippen molar-refractivity contribution >= 4 is 30.3 Å². The molecule has 0 fully saturated rings. The Morgan fingerprint density at radius 1 is 1.14 bits per heavy atom. The summed E-state index contributed by atoms with van der Waals surface area (Å²) in [5.74, 6) is 0. The molecule has 0 amide bonds. The molecule has 0 N–H and O–H groups in total. The molecule has 0 nitrogen and oxygen atoms in total. The highest BCUT2D eigenvalue weighted by atomic mass is 35.7. The zero-order valence-corrected chi connectivity index (χ0v) is 7.80. The topological polar surface area (TPSA) is 0 Å². The molecule has 0 unspecified atom stereocenters. The molecule has 0 aliphatic rings. The second-order valence-corrected chi connectivity index (χ2v) is 3.73. The van der Waals surface area contributed by atoms with Crippen molar-refractivity contribution in [2.75, 3.05) is 0 Å². The smallest absolute Gasteiger partial charge is 0.155 e. The van der Waals surface area contributed by atoms with Gasteiger partial charge in [0.1, 0.15) is 0 Å². The standard InChI is InChI=1S/C4H10.Cl2H2Si/c1-3-4-2;1-3-2/h3-4H2,1-2H3;3H2. The molecule has 0 heterocycles. The fourth-order valence-electron chi connectivity index (χ4n) is 0. The van der Waals surface area contributed by atoms with Crippen LogP contribution in [-0.4, -0.2) is 8.14 Å². The van der Waals surface area contributed by atoms with Gasteiger partial charge in [-0.3, -0.25) is 0 Å². The number of hydrogen-bond acceptors (Lipinski definition) is 0. The zero-order chi connectivity index (χ0) is 6.12. The van der Waals surface area contributed by atoms with Gasteiger partial charge in [-0.2, -0.15) is 22.2 Å². The van der Waals surface area contributed by atoms with E-state index in [-0.39, 0.29) is 0 Å². The van der Waals surface area contributed by atoms with Gasteiger partial charge in [-0.15, -0.1) is 0 Å². The Morgan fingerprint density at radius 2 is 1.29 bits per heavy atom. The molecule has 0 aliphatic carbocycles. The van der Waals surface area contributed by atoms with Crippen LogP contribution in [0.5, 0.6) is 0 Å². The lowest BCUT2D eigenvalue weighted by Gasteiger charge is -1.68. The largest absolute Gasteiger partial charge is 0.222 e. The maximum absolute atomic E-state index is 4.90. The van der Waals surface area contributed by atoms with Crippen LogP contribution in [-0.2, 0) is 0 Å². The van der Waals surface area contributed by atoms with Crippen molar-refractivity contribution < 1.29 is 0 Å². The van der Waals surface area contributed by atoms with E-state index in [1.165, 1.54) is 12.8 Å². The average Bonchev–Trinajstić information content (AvgIpc) is 1.69. The quantitative estimate of drug-likeness (QED) is 0.406. The van der Waals surface area contributed by atoms with E-state index >= 15 is 0 Å². The monoisotopic (exact) mass is 158 g/mol. The molecule has 0 spiro atoms. The molecular formula is C4H12Cl2Si. The van der Waals surface area contributed by atoms with Crippen molar-refractivity contribution in [3.05, 3.63) is 0 Å². The molecule has 0 bridgehead atoms. The molecule has 0 rings (SSSR count). The number of halogens is 2. The van der Waals surface area contributed by atoms with Gasteiger partial charge in [0.05, 0.1) is 0 Å². The minimum Gasteiger partial charge on any atom is -0.155 e. The first-order chi connectivity index (χ1) is 3.33. The third-order valence-corrected chi connectivity index (χ3v) is 0.500. The van der Waals surface area contributed by atoms with Gasteiger partial charge in [0.25, 0.3) is 0 Å². The van der Waals surface area contributed by atoms with Crippen LogP contribution >= 0.6 is 22.2 Å². The van der Waals surface area contributed by atoms with E-state index in [9.17, 15) is 0 Å². The lowest BCUT2D eigenvalue weighted by molar-refractivity contribution is 0.886. The minimum atomic E-state index is -0.639. The van der Waals surface area contributed by atoms with Gasteiger partial charge in [0, 0.05) is 0 Å². The summed E-state index contributed by atoms with van der Waals surface area (Å²) in [5.41, 5.74) is 0. The Bertz CT molecular complexity index is 17.2. The predicted octanol–water partition coefficient (Wildman–Crippen LogP) is 2.27.